The lowest BCUT2D eigenvalue weighted by Crippen LogP contribution is -2.14. The highest BCUT2D eigenvalue weighted by molar-refractivity contribution is 6.01. The van der Waals surface area contributed by atoms with Crippen molar-refractivity contribution in [2.24, 2.45) is 0 Å². The minimum absolute atomic E-state index is 0.0149. The number of nitrogens with zero attached hydrogens (tertiary/aromatic N) is 2. The van der Waals surface area contributed by atoms with Crippen LogP contribution in [0.1, 0.15) is 25.0 Å². The molecule has 1 aliphatic heterocycles. The summed E-state index contributed by atoms with van der Waals surface area (Å²) < 4.78 is 6.20. The molecule has 0 saturated heterocycles. The van der Waals surface area contributed by atoms with Crippen LogP contribution in [0.5, 0.6) is 11.5 Å². The number of para-hydroxylation sites is 1. The fourth-order valence-electron chi connectivity index (χ4n) is 7.76. The standard InChI is InChI=1S/C45H30N2O/c1-45(2)37-13-5-3-11-34(37)35-22-21-32(26-38(35)45)31-20-19-29-23-28(17-18-30(29)24-31)27-9-7-10-33(25-27)44-46-39-14-8-16-41-42(39)43(47-44)36-12-4-6-15-40(36)48-41/h3-26H,1-2H3. The smallest absolute Gasteiger partial charge is 0.160 e. The predicted octanol–water partition coefficient (Wildman–Crippen LogP) is 11.9. The van der Waals surface area contributed by atoms with Gasteiger partial charge in [-0.2, -0.15) is 0 Å². The molecule has 7 aromatic carbocycles. The summed E-state index contributed by atoms with van der Waals surface area (Å²) >= 11 is 0. The van der Waals surface area contributed by atoms with E-state index in [1.165, 1.54) is 44.2 Å². The van der Waals surface area contributed by atoms with Crippen LogP contribution in [-0.2, 0) is 5.41 Å². The van der Waals surface area contributed by atoms with Crippen LogP contribution >= 0.6 is 0 Å². The molecule has 0 atom stereocenters. The molecule has 0 saturated carbocycles. The highest BCUT2D eigenvalue weighted by Crippen LogP contribution is 2.50. The number of rotatable bonds is 3. The van der Waals surface area contributed by atoms with Gasteiger partial charge in [0, 0.05) is 16.5 Å². The summed E-state index contributed by atoms with van der Waals surface area (Å²) in [6, 6.07) is 52.0. The summed E-state index contributed by atoms with van der Waals surface area (Å²) in [6.45, 7) is 4.68. The van der Waals surface area contributed by atoms with Crippen LogP contribution in [0.15, 0.2) is 146 Å². The molecular formula is C45H30N2O. The quantitative estimate of drug-likeness (QED) is 0.199. The second-order valence-electron chi connectivity index (χ2n) is 13.4. The molecule has 0 radical (unpaired) electrons. The molecule has 1 aromatic heterocycles. The van der Waals surface area contributed by atoms with Gasteiger partial charge in [0.2, 0.25) is 0 Å². The number of benzene rings is 7. The van der Waals surface area contributed by atoms with E-state index in [-0.39, 0.29) is 5.41 Å². The molecule has 8 aromatic rings. The van der Waals surface area contributed by atoms with Crippen molar-refractivity contribution in [2.45, 2.75) is 19.3 Å². The fourth-order valence-corrected chi connectivity index (χ4v) is 7.76. The van der Waals surface area contributed by atoms with Gasteiger partial charge in [-0.3, -0.25) is 0 Å². The summed E-state index contributed by atoms with van der Waals surface area (Å²) in [7, 11) is 0. The lowest BCUT2D eigenvalue weighted by molar-refractivity contribution is 0.486. The SMILES string of the molecule is CC1(C)c2ccccc2-c2ccc(-c3ccc4cc(-c5cccc(-c6nc7c8c(cccc8n6)Oc6ccccc6-7)c5)ccc4c3)cc21. The van der Waals surface area contributed by atoms with Gasteiger partial charge >= 0.3 is 0 Å². The van der Waals surface area contributed by atoms with E-state index in [1.807, 2.05) is 36.4 Å². The molecule has 0 spiro atoms. The zero-order valence-electron chi connectivity index (χ0n) is 26.7. The van der Waals surface area contributed by atoms with E-state index in [0.29, 0.717) is 5.82 Å². The lowest BCUT2D eigenvalue weighted by Gasteiger charge is -2.22. The Kier molecular flexibility index (Phi) is 5.63. The van der Waals surface area contributed by atoms with Crippen LogP contribution < -0.4 is 4.74 Å². The molecule has 0 bridgehead atoms. The summed E-state index contributed by atoms with van der Waals surface area (Å²) in [5.41, 5.74) is 14.0. The predicted molar refractivity (Wildman–Crippen MR) is 196 cm³/mol. The monoisotopic (exact) mass is 614 g/mol. The molecule has 3 nitrogen and oxygen atoms in total. The molecule has 0 unspecified atom stereocenters. The van der Waals surface area contributed by atoms with Crippen LogP contribution in [0.2, 0.25) is 0 Å². The van der Waals surface area contributed by atoms with Crippen molar-refractivity contribution in [1.82, 2.24) is 9.97 Å². The molecule has 1 aliphatic carbocycles. The molecule has 48 heavy (non-hydrogen) atoms. The zero-order valence-corrected chi connectivity index (χ0v) is 26.7. The molecule has 2 heterocycles. The third-order valence-electron chi connectivity index (χ3n) is 10.3. The van der Waals surface area contributed by atoms with Crippen LogP contribution in [-0.4, -0.2) is 9.97 Å². The number of ether oxygens (including phenoxy) is 1. The Hall–Kier alpha value is -6.06. The highest BCUT2D eigenvalue weighted by atomic mass is 16.5. The Morgan fingerprint density at radius 1 is 0.458 bits per heavy atom. The van der Waals surface area contributed by atoms with E-state index in [2.05, 4.69) is 123 Å². The minimum atomic E-state index is -0.0149. The molecular weight excluding hydrogens is 585 g/mol. The first-order chi connectivity index (χ1) is 23.5. The Morgan fingerprint density at radius 2 is 1.08 bits per heavy atom. The van der Waals surface area contributed by atoms with Gasteiger partial charge in [0.05, 0.1) is 16.6 Å². The maximum atomic E-state index is 6.20. The van der Waals surface area contributed by atoms with Gasteiger partial charge < -0.3 is 4.74 Å². The molecule has 2 aliphatic rings. The second-order valence-corrected chi connectivity index (χ2v) is 13.4. The van der Waals surface area contributed by atoms with E-state index in [0.717, 1.165) is 50.3 Å². The van der Waals surface area contributed by atoms with Crippen LogP contribution in [0.25, 0.3) is 77.7 Å². The summed E-state index contributed by atoms with van der Waals surface area (Å²) in [4.78, 5) is 10.1. The van der Waals surface area contributed by atoms with Crippen molar-refractivity contribution in [3.8, 4) is 67.5 Å². The number of hydrogen-bond acceptors (Lipinski definition) is 3. The van der Waals surface area contributed by atoms with Gasteiger partial charge in [-0.15, -0.1) is 0 Å². The molecule has 3 heteroatoms. The first kappa shape index (κ1) is 27.1. The topological polar surface area (TPSA) is 35.0 Å². The molecule has 226 valence electrons. The second kappa shape index (κ2) is 9.97. The van der Waals surface area contributed by atoms with Gasteiger partial charge in [0.15, 0.2) is 5.82 Å². The van der Waals surface area contributed by atoms with Gasteiger partial charge in [-0.1, -0.05) is 111 Å². The maximum Gasteiger partial charge on any atom is 0.160 e. The van der Waals surface area contributed by atoms with Gasteiger partial charge in [-0.25, -0.2) is 9.97 Å². The number of fused-ring (bicyclic) bond motifs is 6. The number of hydrogen-bond donors (Lipinski definition) is 0. The third-order valence-corrected chi connectivity index (χ3v) is 10.3. The van der Waals surface area contributed by atoms with Crippen molar-refractivity contribution in [3.05, 3.63) is 157 Å². The zero-order chi connectivity index (χ0) is 32.0. The van der Waals surface area contributed by atoms with Crippen molar-refractivity contribution >= 4 is 21.7 Å². The number of aromatic nitrogens is 2. The van der Waals surface area contributed by atoms with Gasteiger partial charge in [0.25, 0.3) is 0 Å². The summed E-state index contributed by atoms with van der Waals surface area (Å²) in [5, 5.41) is 3.40. The summed E-state index contributed by atoms with van der Waals surface area (Å²) in [6.07, 6.45) is 0. The normalized spacial score (nSPS) is 13.5. The van der Waals surface area contributed by atoms with Crippen LogP contribution in [0, 0.1) is 0 Å². The van der Waals surface area contributed by atoms with Crippen LogP contribution in [0.4, 0.5) is 0 Å². The van der Waals surface area contributed by atoms with E-state index in [4.69, 9.17) is 14.7 Å². The Bertz CT molecular complexity index is 2630. The van der Waals surface area contributed by atoms with Crippen molar-refractivity contribution in [1.29, 1.82) is 0 Å². The van der Waals surface area contributed by atoms with Crippen molar-refractivity contribution < 1.29 is 4.74 Å². The summed E-state index contributed by atoms with van der Waals surface area (Å²) in [5.74, 6) is 2.33. The van der Waals surface area contributed by atoms with E-state index in [1.54, 1.807) is 0 Å². The van der Waals surface area contributed by atoms with Gasteiger partial charge in [-0.05, 0) is 104 Å². The third kappa shape index (κ3) is 4.01. The molecule has 0 fully saturated rings. The molecule has 0 N–H and O–H groups in total. The average Bonchev–Trinajstić information content (AvgIpc) is 3.37. The maximum absolute atomic E-state index is 6.20. The largest absolute Gasteiger partial charge is 0.456 e. The van der Waals surface area contributed by atoms with E-state index >= 15 is 0 Å². The van der Waals surface area contributed by atoms with Gasteiger partial charge in [0.1, 0.15) is 11.5 Å². The average molecular weight is 615 g/mol. The molecule has 0 amide bonds. The first-order valence-electron chi connectivity index (χ1n) is 16.5. The minimum Gasteiger partial charge on any atom is -0.456 e. The first-order valence-corrected chi connectivity index (χ1v) is 16.5. The lowest BCUT2D eigenvalue weighted by atomic mass is 9.81. The van der Waals surface area contributed by atoms with E-state index < -0.39 is 0 Å². The van der Waals surface area contributed by atoms with Crippen molar-refractivity contribution in [2.75, 3.05) is 0 Å². The fraction of sp³-hybridized carbons (Fsp3) is 0.0667. The Morgan fingerprint density at radius 3 is 1.92 bits per heavy atom. The van der Waals surface area contributed by atoms with E-state index in [9.17, 15) is 0 Å². The van der Waals surface area contributed by atoms with Crippen LogP contribution in [0.3, 0.4) is 0 Å². The Balaban J connectivity index is 1.01. The molecule has 10 rings (SSSR count). The highest BCUT2D eigenvalue weighted by Gasteiger charge is 2.35. The van der Waals surface area contributed by atoms with Crippen molar-refractivity contribution in [3.63, 3.8) is 0 Å². The Labute approximate surface area is 279 Å².